The van der Waals surface area contributed by atoms with Crippen LogP contribution in [0.25, 0.3) is 0 Å². The van der Waals surface area contributed by atoms with Gasteiger partial charge in [0.2, 0.25) is 11.8 Å². The zero-order chi connectivity index (χ0) is 22.4. The molecule has 3 rings (SSSR count). The average molecular weight is 487 g/mol. The molecule has 2 amide bonds. The van der Waals surface area contributed by atoms with Gasteiger partial charge in [-0.1, -0.05) is 22.0 Å². The SMILES string of the molecule is C=CCN(C(=O)[C@@H]1N(CCCCO)C(=O)[C@H]2[C@H](C(=O)O)[C@H]3O[C@@]12CC3Br)C(C)(C)C. The van der Waals surface area contributed by atoms with Gasteiger partial charge in [-0.15, -0.1) is 6.58 Å². The van der Waals surface area contributed by atoms with E-state index >= 15 is 0 Å². The largest absolute Gasteiger partial charge is 0.481 e. The number of amides is 2. The van der Waals surface area contributed by atoms with Crippen LogP contribution in [0.1, 0.15) is 40.0 Å². The van der Waals surface area contributed by atoms with Crippen molar-refractivity contribution in [1.29, 1.82) is 0 Å². The number of alkyl halides is 1. The maximum atomic E-state index is 13.9. The van der Waals surface area contributed by atoms with Crippen LogP contribution >= 0.6 is 15.9 Å². The monoisotopic (exact) mass is 486 g/mol. The summed E-state index contributed by atoms with van der Waals surface area (Å²) in [7, 11) is 0. The molecule has 0 aliphatic carbocycles. The first kappa shape index (κ1) is 23.2. The van der Waals surface area contributed by atoms with Crippen molar-refractivity contribution in [3.8, 4) is 0 Å². The van der Waals surface area contributed by atoms with Gasteiger partial charge in [0, 0.05) is 30.1 Å². The van der Waals surface area contributed by atoms with Crippen molar-refractivity contribution in [2.24, 2.45) is 11.8 Å². The zero-order valence-electron chi connectivity index (χ0n) is 17.7. The fourth-order valence-electron chi connectivity index (χ4n) is 5.30. The van der Waals surface area contributed by atoms with Crippen LogP contribution in [0.2, 0.25) is 0 Å². The van der Waals surface area contributed by atoms with Crippen molar-refractivity contribution < 1.29 is 29.3 Å². The van der Waals surface area contributed by atoms with Crippen LogP contribution in [0.5, 0.6) is 0 Å². The topological polar surface area (TPSA) is 107 Å². The molecule has 0 aromatic rings. The summed E-state index contributed by atoms with van der Waals surface area (Å²) in [6.07, 6.45) is 2.41. The van der Waals surface area contributed by atoms with E-state index in [1.54, 1.807) is 11.0 Å². The third-order valence-corrected chi connectivity index (χ3v) is 7.35. The molecule has 0 saturated carbocycles. The molecule has 30 heavy (non-hydrogen) atoms. The molecule has 3 saturated heterocycles. The van der Waals surface area contributed by atoms with Gasteiger partial charge in [-0.3, -0.25) is 14.4 Å². The second-order valence-corrected chi connectivity index (χ2v) is 10.5. The summed E-state index contributed by atoms with van der Waals surface area (Å²) in [5.74, 6) is -3.55. The number of carbonyl (C=O) groups is 3. The lowest BCUT2D eigenvalue weighted by atomic mass is 9.70. The van der Waals surface area contributed by atoms with Gasteiger partial charge < -0.3 is 24.7 Å². The smallest absolute Gasteiger partial charge is 0.310 e. The standard InChI is InChI=1S/C21H31BrN2O6/c1-5-8-24(20(2,3)4)18(27)16-21-11-12(22)15(30-21)13(19(28)29)14(21)17(26)23(16)9-6-7-10-25/h5,12-16,25H,1,6-11H2,2-4H3,(H,28,29)/t12?,13-,14+,15-,16-,21+/m0/s1. The molecule has 6 atom stereocenters. The number of likely N-dealkylation sites (tertiary alicyclic amines) is 1. The number of aliphatic hydroxyl groups excluding tert-OH is 1. The molecule has 1 unspecified atom stereocenters. The fourth-order valence-corrected chi connectivity index (χ4v) is 6.24. The highest BCUT2D eigenvalue weighted by Gasteiger charge is 2.76. The van der Waals surface area contributed by atoms with Gasteiger partial charge >= 0.3 is 5.97 Å². The Morgan fingerprint density at radius 2 is 2.07 bits per heavy atom. The van der Waals surface area contributed by atoms with Crippen LogP contribution in [-0.2, 0) is 19.1 Å². The molecule has 2 bridgehead atoms. The molecule has 3 aliphatic rings. The van der Waals surface area contributed by atoms with Gasteiger partial charge in [0.05, 0.1) is 17.9 Å². The van der Waals surface area contributed by atoms with Crippen molar-refractivity contribution in [1.82, 2.24) is 9.80 Å². The summed E-state index contributed by atoms with van der Waals surface area (Å²) >= 11 is 3.53. The molecule has 0 aromatic carbocycles. The number of hydrogen-bond donors (Lipinski definition) is 2. The molecule has 3 heterocycles. The van der Waals surface area contributed by atoms with E-state index in [2.05, 4.69) is 22.5 Å². The quantitative estimate of drug-likeness (QED) is 0.305. The number of fused-ring (bicyclic) bond motifs is 1. The summed E-state index contributed by atoms with van der Waals surface area (Å²) in [6, 6.07) is -0.901. The highest BCUT2D eigenvalue weighted by molar-refractivity contribution is 9.09. The van der Waals surface area contributed by atoms with E-state index in [4.69, 9.17) is 9.84 Å². The summed E-state index contributed by atoms with van der Waals surface area (Å²) in [5.41, 5.74) is -1.68. The summed E-state index contributed by atoms with van der Waals surface area (Å²) in [4.78, 5) is 42.3. The normalized spacial score (nSPS) is 34.9. The average Bonchev–Trinajstić information content (AvgIpc) is 3.22. The van der Waals surface area contributed by atoms with Gasteiger partial charge in [0.25, 0.3) is 0 Å². The van der Waals surface area contributed by atoms with Gasteiger partial charge in [0.1, 0.15) is 11.6 Å². The van der Waals surface area contributed by atoms with Gasteiger partial charge in [0.15, 0.2) is 0 Å². The number of carboxylic acids is 1. The van der Waals surface area contributed by atoms with E-state index in [0.717, 1.165) is 0 Å². The van der Waals surface area contributed by atoms with Crippen LogP contribution in [0.4, 0.5) is 0 Å². The Hall–Kier alpha value is -1.45. The van der Waals surface area contributed by atoms with Crippen molar-refractivity contribution in [3.05, 3.63) is 12.7 Å². The Balaban J connectivity index is 2.06. The molecule has 8 nitrogen and oxygen atoms in total. The van der Waals surface area contributed by atoms with E-state index in [-0.39, 0.29) is 29.8 Å². The third-order valence-electron chi connectivity index (χ3n) is 6.50. The fraction of sp³-hybridized carbons (Fsp3) is 0.762. The minimum Gasteiger partial charge on any atom is -0.481 e. The minimum atomic E-state index is -1.17. The predicted octanol–water partition coefficient (Wildman–Crippen LogP) is 1.40. The number of carboxylic acid groups (broad SMARTS) is 1. The number of hydrogen-bond acceptors (Lipinski definition) is 5. The number of unbranched alkanes of at least 4 members (excludes halogenated alkanes) is 1. The molecular weight excluding hydrogens is 456 g/mol. The summed E-state index contributed by atoms with van der Waals surface area (Å²) < 4.78 is 6.24. The minimum absolute atomic E-state index is 0.0143. The molecular formula is C21H31BrN2O6. The van der Waals surface area contributed by atoms with Gasteiger partial charge in [-0.05, 0) is 40.0 Å². The molecule has 0 aromatic heterocycles. The Morgan fingerprint density at radius 3 is 2.60 bits per heavy atom. The lowest BCUT2D eigenvalue weighted by Crippen LogP contribution is -2.60. The lowest BCUT2D eigenvalue weighted by molar-refractivity contribution is -0.152. The van der Waals surface area contributed by atoms with Crippen LogP contribution in [-0.4, -0.2) is 85.6 Å². The van der Waals surface area contributed by atoms with Crippen molar-refractivity contribution in [3.63, 3.8) is 0 Å². The van der Waals surface area contributed by atoms with Crippen LogP contribution in [0.3, 0.4) is 0 Å². The van der Waals surface area contributed by atoms with Gasteiger partial charge in [-0.2, -0.15) is 0 Å². The van der Waals surface area contributed by atoms with E-state index in [1.165, 1.54) is 4.90 Å². The highest BCUT2D eigenvalue weighted by Crippen LogP contribution is 2.60. The zero-order valence-corrected chi connectivity index (χ0v) is 19.3. The van der Waals surface area contributed by atoms with E-state index in [9.17, 15) is 19.5 Å². The van der Waals surface area contributed by atoms with Crippen LogP contribution in [0.15, 0.2) is 12.7 Å². The lowest BCUT2D eigenvalue weighted by Gasteiger charge is -2.42. The first-order chi connectivity index (χ1) is 14.0. The Bertz CT molecular complexity index is 737. The maximum absolute atomic E-state index is 13.9. The van der Waals surface area contributed by atoms with E-state index < -0.39 is 41.1 Å². The molecule has 168 valence electrons. The number of carbonyl (C=O) groups excluding carboxylic acids is 2. The first-order valence-corrected chi connectivity index (χ1v) is 11.3. The van der Waals surface area contributed by atoms with Crippen LogP contribution < -0.4 is 0 Å². The second kappa shape index (κ2) is 8.24. The van der Waals surface area contributed by atoms with E-state index in [1.807, 2.05) is 20.8 Å². The predicted molar refractivity (Wildman–Crippen MR) is 113 cm³/mol. The van der Waals surface area contributed by atoms with Crippen LogP contribution in [0, 0.1) is 11.8 Å². The molecule has 9 heteroatoms. The molecule has 2 N–H and O–H groups in total. The molecule has 3 fully saturated rings. The van der Waals surface area contributed by atoms with E-state index in [0.29, 0.717) is 25.8 Å². The Morgan fingerprint density at radius 1 is 1.40 bits per heavy atom. The number of ether oxygens (including phenoxy) is 1. The second-order valence-electron chi connectivity index (χ2n) is 9.37. The molecule has 0 radical (unpaired) electrons. The summed E-state index contributed by atoms with van der Waals surface area (Å²) in [5, 5.41) is 19.0. The third kappa shape index (κ3) is 3.48. The Labute approximate surface area is 185 Å². The maximum Gasteiger partial charge on any atom is 0.310 e. The number of nitrogens with zero attached hydrogens (tertiary/aromatic N) is 2. The van der Waals surface area contributed by atoms with Crippen molar-refractivity contribution in [2.75, 3.05) is 19.7 Å². The number of aliphatic hydroxyl groups is 1. The highest BCUT2D eigenvalue weighted by atomic mass is 79.9. The molecule has 1 spiro atoms. The summed E-state index contributed by atoms with van der Waals surface area (Å²) in [6.45, 7) is 10.1. The van der Waals surface area contributed by atoms with Crippen molar-refractivity contribution in [2.45, 2.75) is 68.1 Å². The Kier molecular flexibility index (Phi) is 6.38. The number of rotatable bonds is 8. The van der Waals surface area contributed by atoms with Crippen molar-refractivity contribution >= 4 is 33.7 Å². The number of halogens is 1. The van der Waals surface area contributed by atoms with Gasteiger partial charge in [-0.25, -0.2) is 0 Å². The molecule has 3 aliphatic heterocycles. The number of aliphatic carboxylic acids is 1. The first-order valence-electron chi connectivity index (χ1n) is 10.4.